The number of nitrogens with one attached hydrogen (secondary N) is 1. The summed E-state index contributed by atoms with van der Waals surface area (Å²) in [5.74, 6) is 1.22. The fraction of sp³-hybridized carbons (Fsp3) is 0.421. The van der Waals surface area contributed by atoms with Crippen molar-refractivity contribution in [1.82, 2.24) is 29.9 Å². The molecule has 26 heavy (non-hydrogen) atoms. The van der Waals surface area contributed by atoms with Crippen LogP contribution in [0.2, 0.25) is 0 Å². The Morgan fingerprint density at radius 2 is 2.12 bits per heavy atom. The number of benzene rings is 1. The van der Waals surface area contributed by atoms with Crippen LogP contribution in [-0.2, 0) is 13.1 Å². The molecule has 1 N–H and O–H groups in total. The molecule has 0 aliphatic carbocycles. The Balaban J connectivity index is 1.44. The Hall–Kier alpha value is -2.54. The van der Waals surface area contributed by atoms with Gasteiger partial charge in [0, 0.05) is 23.7 Å². The second-order valence-corrected chi connectivity index (χ2v) is 6.75. The number of aryl methyl sites for hydroxylation is 1. The molecule has 136 valence electrons. The molecule has 0 bridgehead atoms. The minimum atomic E-state index is -0.218. The summed E-state index contributed by atoms with van der Waals surface area (Å²) in [6.07, 6.45) is 5.52. The van der Waals surface area contributed by atoms with Crippen LogP contribution in [0.4, 0.5) is 4.39 Å². The molecule has 3 heterocycles. The van der Waals surface area contributed by atoms with Crippen LogP contribution in [0.15, 0.2) is 36.8 Å². The first kappa shape index (κ1) is 16.9. The summed E-state index contributed by atoms with van der Waals surface area (Å²) in [5.41, 5.74) is 3.01. The van der Waals surface area contributed by atoms with Crippen molar-refractivity contribution in [3.05, 3.63) is 54.1 Å². The number of H-pyrrole nitrogens is 1. The van der Waals surface area contributed by atoms with Crippen molar-refractivity contribution >= 4 is 0 Å². The number of likely N-dealkylation sites (tertiary alicyclic amines) is 1. The lowest BCUT2D eigenvalue weighted by atomic mass is 9.89. The van der Waals surface area contributed by atoms with E-state index < -0.39 is 0 Å². The van der Waals surface area contributed by atoms with Crippen LogP contribution < -0.4 is 0 Å². The zero-order valence-corrected chi connectivity index (χ0v) is 14.9. The lowest BCUT2D eigenvalue weighted by Gasteiger charge is -2.31. The maximum absolute atomic E-state index is 13.6. The van der Waals surface area contributed by atoms with E-state index in [4.69, 9.17) is 0 Å². The first-order chi connectivity index (χ1) is 12.7. The van der Waals surface area contributed by atoms with Gasteiger partial charge < -0.3 is 0 Å². The number of piperidine rings is 1. The minimum absolute atomic E-state index is 0.218. The van der Waals surface area contributed by atoms with Crippen LogP contribution in [0, 0.1) is 5.82 Å². The molecule has 0 radical (unpaired) electrons. The average molecular weight is 354 g/mol. The maximum atomic E-state index is 13.6. The Labute approximate surface area is 152 Å². The number of aromatic amines is 1. The molecule has 0 amide bonds. The summed E-state index contributed by atoms with van der Waals surface area (Å²) < 4.78 is 15.5. The molecule has 1 fully saturated rings. The van der Waals surface area contributed by atoms with Gasteiger partial charge in [0.25, 0.3) is 0 Å². The molecule has 4 rings (SSSR count). The Morgan fingerprint density at radius 1 is 1.27 bits per heavy atom. The highest BCUT2D eigenvalue weighted by atomic mass is 19.1. The average Bonchev–Trinajstić information content (AvgIpc) is 3.31. The molecule has 0 unspecified atom stereocenters. The van der Waals surface area contributed by atoms with E-state index >= 15 is 0 Å². The first-order valence-corrected chi connectivity index (χ1v) is 9.13. The molecule has 7 heteroatoms. The van der Waals surface area contributed by atoms with E-state index in [1.165, 1.54) is 6.07 Å². The van der Waals surface area contributed by atoms with Gasteiger partial charge in [-0.05, 0) is 50.6 Å². The van der Waals surface area contributed by atoms with E-state index in [-0.39, 0.29) is 5.82 Å². The third-order valence-electron chi connectivity index (χ3n) is 5.16. The highest BCUT2D eigenvalue weighted by Crippen LogP contribution is 2.34. The largest absolute Gasteiger partial charge is 0.296 e. The van der Waals surface area contributed by atoms with Crippen LogP contribution in [0.1, 0.15) is 37.2 Å². The van der Waals surface area contributed by atoms with Gasteiger partial charge in [-0.3, -0.25) is 10.00 Å². The van der Waals surface area contributed by atoms with Crippen LogP contribution in [0.3, 0.4) is 0 Å². The van der Waals surface area contributed by atoms with E-state index in [1.807, 2.05) is 10.7 Å². The summed E-state index contributed by atoms with van der Waals surface area (Å²) >= 11 is 0. The number of aromatic nitrogens is 5. The normalized spacial score (nSPS) is 16.2. The molecule has 1 aromatic carbocycles. The molecule has 3 aromatic rings. The molecular formula is C19H23FN6. The fourth-order valence-electron chi connectivity index (χ4n) is 3.75. The predicted octanol–water partition coefficient (Wildman–Crippen LogP) is 3.21. The van der Waals surface area contributed by atoms with Gasteiger partial charge in [-0.1, -0.05) is 12.1 Å². The standard InChI is InChI=1S/C19H23FN6/c1-2-26-18(21-13-23-26)12-25-8-6-14(7-9-25)19-17(11-22-24-19)15-4-3-5-16(20)10-15/h3-5,10-11,13-14H,2,6-9,12H2,1H3,(H,22,24). The van der Waals surface area contributed by atoms with Gasteiger partial charge in [0.05, 0.1) is 12.7 Å². The highest BCUT2D eigenvalue weighted by molar-refractivity contribution is 5.65. The Morgan fingerprint density at radius 3 is 2.88 bits per heavy atom. The van der Waals surface area contributed by atoms with Crippen molar-refractivity contribution in [3.8, 4) is 11.1 Å². The molecule has 0 spiro atoms. The molecular weight excluding hydrogens is 331 g/mol. The third-order valence-corrected chi connectivity index (χ3v) is 5.16. The van der Waals surface area contributed by atoms with E-state index in [0.29, 0.717) is 5.92 Å². The summed E-state index contributed by atoms with van der Waals surface area (Å²) in [4.78, 5) is 6.79. The van der Waals surface area contributed by atoms with Gasteiger partial charge in [0.2, 0.25) is 0 Å². The topological polar surface area (TPSA) is 62.6 Å². The van der Waals surface area contributed by atoms with Crippen molar-refractivity contribution < 1.29 is 4.39 Å². The van der Waals surface area contributed by atoms with Gasteiger partial charge in [0.15, 0.2) is 0 Å². The molecule has 1 saturated heterocycles. The van der Waals surface area contributed by atoms with Crippen LogP contribution in [0.25, 0.3) is 11.1 Å². The maximum Gasteiger partial charge on any atom is 0.140 e. The molecule has 2 aromatic heterocycles. The zero-order valence-electron chi connectivity index (χ0n) is 14.9. The quantitative estimate of drug-likeness (QED) is 0.764. The minimum Gasteiger partial charge on any atom is -0.296 e. The van der Waals surface area contributed by atoms with Gasteiger partial charge in [-0.2, -0.15) is 10.2 Å². The van der Waals surface area contributed by atoms with Crippen LogP contribution in [-0.4, -0.2) is 43.0 Å². The van der Waals surface area contributed by atoms with Crippen LogP contribution in [0.5, 0.6) is 0 Å². The first-order valence-electron chi connectivity index (χ1n) is 9.13. The van der Waals surface area contributed by atoms with Crippen molar-refractivity contribution in [2.75, 3.05) is 13.1 Å². The van der Waals surface area contributed by atoms with Crippen molar-refractivity contribution in [3.63, 3.8) is 0 Å². The molecule has 1 aliphatic rings. The van der Waals surface area contributed by atoms with E-state index in [0.717, 1.165) is 61.7 Å². The Kier molecular flexibility index (Phi) is 4.79. The van der Waals surface area contributed by atoms with E-state index in [2.05, 4.69) is 32.1 Å². The van der Waals surface area contributed by atoms with Gasteiger partial charge in [-0.25, -0.2) is 14.1 Å². The zero-order chi connectivity index (χ0) is 17.9. The lowest BCUT2D eigenvalue weighted by Crippen LogP contribution is -2.33. The highest BCUT2D eigenvalue weighted by Gasteiger charge is 2.25. The SMILES string of the molecule is CCn1ncnc1CN1CCC(c2[nH]ncc2-c2cccc(F)c2)CC1. The Bertz CT molecular complexity index is 862. The predicted molar refractivity (Wildman–Crippen MR) is 96.9 cm³/mol. The van der Waals surface area contributed by atoms with Crippen molar-refractivity contribution in [2.24, 2.45) is 0 Å². The van der Waals surface area contributed by atoms with E-state index in [1.54, 1.807) is 24.7 Å². The van der Waals surface area contributed by atoms with Gasteiger partial charge in [0.1, 0.15) is 18.0 Å². The molecule has 0 atom stereocenters. The molecule has 0 saturated carbocycles. The third kappa shape index (κ3) is 3.39. The smallest absolute Gasteiger partial charge is 0.140 e. The second-order valence-electron chi connectivity index (χ2n) is 6.75. The monoisotopic (exact) mass is 354 g/mol. The van der Waals surface area contributed by atoms with Crippen molar-refractivity contribution in [1.29, 1.82) is 0 Å². The lowest BCUT2D eigenvalue weighted by molar-refractivity contribution is 0.196. The number of hydrogen-bond acceptors (Lipinski definition) is 4. The molecule has 1 aliphatic heterocycles. The molecule has 6 nitrogen and oxygen atoms in total. The van der Waals surface area contributed by atoms with E-state index in [9.17, 15) is 4.39 Å². The summed E-state index contributed by atoms with van der Waals surface area (Å²) in [5, 5.41) is 11.6. The second kappa shape index (κ2) is 7.37. The van der Waals surface area contributed by atoms with Gasteiger partial charge in [-0.15, -0.1) is 0 Å². The summed E-state index contributed by atoms with van der Waals surface area (Å²) in [6, 6.07) is 6.72. The van der Waals surface area contributed by atoms with Crippen molar-refractivity contribution in [2.45, 2.75) is 38.8 Å². The van der Waals surface area contributed by atoms with Crippen LogP contribution >= 0.6 is 0 Å². The fourth-order valence-corrected chi connectivity index (χ4v) is 3.75. The summed E-state index contributed by atoms with van der Waals surface area (Å²) in [7, 11) is 0. The summed E-state index contributed by atoms with van der Waals surface area (Å²) in [6.45, 7) is 5.76. The number of hydrogen-bond donors (Lipinski definition) is 1. The number of nitrogens with zero attached hydrogens (tertiary/aromatic N) is 5. The van der Waals surface area contributed by atoms with Gasteiger partial charge >= 0.3 is 0 Å². The number of halogens is 1. The number of rotatable bonds is 5.